The molecule has 1 aliphatic heterocycles. The summed E-state index contributed by atoms with van der Waals surface area (Å²) >= 11 is 12.6. The first kappa shape index (κ1) is 24.2. The minimum Gasteiger partial charge on any atom is -0.298 e. The molecule has 4 aromatic rings. The molecule has 0 fully saturated rings. The molecule has 2 aromatic heterocycles. The van der Waals surface area contributed by atoms with Crippen molar-refractivity contribution in [3.05, 3.63) is 91.1 Å². The molecule has 0 spiro atoms. The van der Waals surface area contributed by atoms with E-state index in [1.807, 2.05) is 31.3 Å². The van der Waals surface area contributed by atoms with E-state index in [1.165, 1.54) is 6.07 Å². The molecular formula is C25H20Cl2N2O4S2. The zero-order valence-electron chi connectivity index (χ0n) is 18.6. The van der Waals surface area contributed by atoms with Crippen LogP contribution in [0.2, 0.25) is 9.36 Å². The van der Waals surface area contributed by atoms with Gasteiger partial charge in [0.2, 0.25) is 0 Å². The summed E-state index contributed by atoms with van der Waals surface area (Å²) in [6, 6.07) is 16.0. The molecule has 0 atom stereocenters. The van der Waals surface area contributed by atoms with E-state index in [1.54, 1.807) is 28.8 Å². The van der Waals surface area contributed by atoms with Crippen molar-refractivity contribution < 1.29 is 13.2 Å². The van der Waals surface area contributed by atoms with E-state index in [-0.39, 0.29) is 25.5 Å². The number of Topliss-reactive ketones (excluding diaryl/α,β-unsaturated/α-hetero) is 1. The fourth-order valence-electron chi connectivity index (χ4n) is 4.47. The zero-order valence-corrected chi connectivity index (χ0v) is 21.8. The molecule has 0 bridgehead atoms. The van der Waals surface area contributed by atoms with Crippen LogP contribution in [0.5, 0.6) is 0 Å². The maximum atomic E-state index is 13.4. The second-order valence-corrected chi connectivity index (χ2v) is 12.9. The molecule has 6 nitrogen and oxygen atoms in total. The van der Waals surface area contributed by atoms with Crippen molar-refractivity contribution in [2.24, 2.45) is 0 Å². The molecule has 35 heavy (non-hydrogen) atoms. The summed E-state index contributed by atoms with van der Waals surface area (Å²) in [6.45, 7) is 1.42. The molecule has 5 rings (SSSR count). The average molecular weight is 547 g/mol. The highest BCUT2D eigenvalue weighted by Crippen LogP contribution is 2.35. The second kappa shape index (κ2) is 9.19. The normalized spacial score (nSPS) is 13.9. The summed E-state index contributed by atoms with van der Waals surface area (Å²) in [5.41, 5.74) is 3.39. The van der Waals surface area contributed by atoms with Crippen molar-refractivity contribution in [1.29, 1.82) is 0 Å². The van der Waals surface area contributed by atoms with Gasteiger partial charge < -0.3 is 0 Å². The molecule has 0 saturated heterocycles. The monoisotopic (exact) mass is 546 g/mol. The SMILES string of the molecule is CN1Cc2c(n(-c3ccc(CC(=O)CS(=O)(=O)c4cc(Cl)c(Cl)s4)cc3)c(=O)c3ccccc23)C1. The van der Waals surface area contributed by atoms with Gasteiger partial charge in [-0.3, -0.25) is 19.1 Å². The van der Waals surface area contributed by atoms with E-state index in [2.05, 4.69) is 4.90 Å². The smallest absolute Gasteiger partial charge is 0.263 e. The van der Waals surface area contributed by atoms with Gasteiger partial charge in [0.15, 0.2) is 15.6 Å². The molecule has 0 unspecified atom stereocenters. The lowest BCUT2D eigenvalue weighted by Gasteiger charge is -2.15. The first-order valence-corrected chi connectivity index (χ1v) is 14.0. The Morgan fingerprint density at radius 3 is 2.37 bits per heavy atom. The molecule has 2 aromatic carbocycles. The number of nitrogens with zero attached hydrogens (tertiary/aromatic N) is 2. The van der Waals surface area contributed by atoms with Crippen LogP contribution >= 0.6 is 34.5 Å². The Balaban J connectivity index is 1.41. The number of halogens is 2. The van der Waals surface area contributed by atoms with Gasteiger partial charge in [-0.1, -0.05) is 53.5 Å². The number of sulfone groups is 1. The minimum absolute atomic E-state index is 0.0225. The van der Waals surface area contributed by atoms with Crippen LogP contribution in [0.4, 0.5) is 0 Å². The summed E-state index contributed by atoms with van der Waals surface area (Å²) in [7, 11) is -1.80. The standard InChI is InChI=1S/C25H20Cl2N2O4S2/c1-28-12-20-18-4-2-3-5-19(18)25(31)29(22(20)13-28)16-8-6-15(7-9-16)10-17(30)14-35(32,33)23-11-21(26)24(27)34-23/h2-9,11H,10,12-14H2,1H3. The van der Waals surface area contributed by atoms with Crippen LogP contribution in [0.15, 0.2) is 63.6 Å². The van der Waals surface area contributed by atoms with Crippen molar-refractivity contribution in [2.45, 2.75) is 23.7 Å². The molecule has 1 aliphatic rings. The van der Waals surface area contributed by atoms with Gasteiger partial charge in [-0.05, 0) is 47.8 Å². The first-order valence-electron chi connectivity index (χ1n) is 10.8. The number of fused-ring (bicyclic) bond motifs is 3. The van der Waals surface area contributed by atoms with E-state index in [9.17, 15) is 18.0 Å². The first-order chi connectivity index (χ1) is 16.6. The Labute approximate surface area is 216 Å². The Bertz CT molecular complexity index is 1620. The van der Waals surface area contributed by atoms with E-state index >= 15 is 0 Å². The van der Waals surface area contributed by atoms with Gasteiger partial charge in [0.05, 0.1) is 5.02 Å². The van der Waals surface area contributed by atoms with Gasteiger partial charge in [-0.25, -0.2) is 8.42 Å². The van der Waals surface area contributed by atoms with E-state index in [4.69, 9.17) is 23.2 Å². The summed E-state index contributed by atoms with van der Waals surface area (Å²) in [5.74, 6) is -1.07. The average Bonchev–Trinajstić information content (AvgIpc) is 3.37. The third-order valence-corrected chi connectivity index (χ3v) is 10.1. The Morgan fingerprint density at radius 1 is 1.03 bits per heavy atom. The number of aromatic nitrogens is 1. The topological polar surface area (TPSA) is 76.5 Å². The lowest BCUT2D eigenvalue weighted by atomic mass is 10.0. The minimum atomic E-state index is -3.82. The highest BCUT2D eigenvalue weighted by atomic mass is 35.5. The maximum Gasteiger partial charge on any atom is 0.263 e. The van der Waals surface area contributed by atoms with Crippen molar-refractivity contribution in [3.8, 4) is 5.69 Å². The molecule has 10 heteroatoms. The Hall–Kier alpha value is -2.49. The zero-order chi connectivity index (χ0) is 24.9. The van der Waals surface area contributed by atoms with E-state index < -0.39 is 21.4 Å². The summed E-state index contributed by atoms with van der Waals surface area (Å²) in [5, 5.41) is 1.80. The number of hydrogen-bond donors (Lipinski definition) is 0. The van der Waals surface area contributed by atoms with Gasteiger partial charge in [-0.15, -0.1) is 11.3 Å². The summed E-state index contributed by atoms with van der Waals surface area (Å²) < 4.78 is 27.0. The number of benzene rings is 2. The van der Waals surface area contributed by atoms with Crippen molar-refractivity contribution in [1.82, 2.24) is 9.47 Å². The van der Waals surface area contributed by atoms with Crippen molar-refractivity contribution >= 4 is 60.9 Å². The second-order valence-electron chi connectivity index (χ2n) is 8.61. The van der Waals surface area contributed by atoms with Crippen LogP contribution in [-0.4, -0.2) is 36.5 Å². The predicted molar refractivity (Wildman–Crippen MR) is 140 cm³/mol. The van der Waals surface area contributed by atoms with Gasteiger partial charge in [0.25, 0.3) is 5.56 Å². The number of carbonyl (C=O) groups is 1. The van der Waals surface area contributed by atoms with Gasteiger partial charge in [-0.2, -0.15) is 0 Å². The number of ketones is 1. The maximum absolute atomic E-state index is 13.4. The lowest BCUT2D eigenvalue weighted by molar-refractivity contribution is -0.116. The van der Waals surface area contributed by atoms with Crippen LogP contribution in [0.3, 0.4) is 0 Å². The molecule has 0 aliphatic carbocycles. The van der Waals surface area contributed by atoms with Gasteiger partial charge >= 0.3 is 0 Å². The number of rotatable bonds is 6. The Morgan fingerprint density at radius 2 is 1.71 bits per heavy atom. The van der Waals surface area contributed by atoms with Crippen LogP contribution in [0.1, 0.15) is 16.8 Å². The van der Waals surface area contributed by atoms with Crippen molar-refractivity contribution in [2.75, 3.05) is 12.8 Å². The number of carbonyl (C=O) groups excluding carboxylic acids is 1. The number of pyridine rings is 1. The van der Waals surface area contributed by atoms with Crippen molar-refractivity contribution in [3.63, 3.8) is 0 Å². The van der Waals surface area contributed by atoms with Crippen LogP contribution in [-0.2, 0) is 34.1 Å². The summed E-state index contributed by atoms with van der Waals surface area (Å²) in [6.07, 6.45) is -0.0419. The van der Waals surface area contributed by atoms with E-state index in [0.717, 1.165) is 34.5 Å². The third-order valence-electron chi connectivity index (χ3n) is 6.03. The largest absolute Gasteiger partial charge is 0.298 e. The highest BCUT2D eigenvalue weighted by Gasteiger charge is 2.25. The quantitative estimate of drug-likeness (QED) is 0.344. The molecule has 0 N–H and O–H groups in total. The fourth-order valence-corrected chi connectivity index (χ4v) is 7.67. The van der Waals surface area contributed by atoms with Crippen LogP contribution in [0.25, 0.3) is 16.5 Å². The molecular weight excluding hydrogens is 527 g/mol. The third kappa shape index (κ3) is 4.57. The highest BCUT2D eigenvalue weighted by molar-refractivity contribution is 7.94. The Kier molecular flexibility index (Phi) is 6.35. The van der Waals surface area contributed by atoms with E-state index in [0.29, 0.717) is 23.2 Å². The van der Waals surface area contributed by atoms with Gasteiger partial charge in [0, 0.05) is 36.3 Å². The molecule has 180 valence electrons. The summed E-state index contributed by atoms with van der Waals surface area (Å²) in [4.78, 5) is 28.1. The number of thiophene rings is 1. The molecule has 0 radical (unpaired) electrons. The van der Waals surface area contributed by atoms with Crippen LogP contribution in [0, 0.1) is 0 Å². The molecule has 0 saturated carbocycles. The lowest BCUT2D eigenvalue weighted by Crippen LogP contribution is -2.23. The van der Waals surface area contributed by atoms with Crippen LogP contribution < -0.4 is 5.56 Å². The number of hydrogen-bond acceptors (Lipinski definition) is 6. The predicted octanol–water partition coefficient (Wildman–Crippen LogP) is 4.89. The fraction of sp³-hybridized carbons (Fsp3) is 0.200. The van der Waals surface area contributed by atoms with Gasteiger partial charge in [0.1, 0.15) is 14.3 Å². The molecule has 0 amide bonds. The molecule has 3 heterocycles.